The van der Waals surface area contributed by atoms with Crippen LogP contribution in [0, 0.1) is 12.8 Å². The summed E-state index contributed by atoms with van der Waals surface area (Å²) >= 11 is 0. The van der Waals surface area contributed by atoms with Crippen molar-refractivity contribution in [3.05, 3.63) is 53.1 Å². The van der Waals surface area contributed by atoms with Crippen LogP contribution in [0.5, 0.6) is 11.5 Å². The topological polar surface area (TPSA) is 107 Å². The smallest absolute Gasteiger partial charge is 0.410 e. The number of nitrogens with zero attached hydrogens (tertiary/aromatic N) is 5. The highest BCUT2D eigenvalue weighted by atomic mass is 16.6. The zero-order chi connectivity index (χ0) is 34.4. The number of rotatable bonds is 6. The molecular formula is C38H50N6O6. The summed E-state index contributed by atoms with van der Waals surface area (Å²) in [6.45, 7) is 8.61. The van der Waals surface area contributed by atoms with E-state index in [0.29, 0.717) is 82.5 Å². The number of ether oxygens (including phenoxy) is 3. The number of benzene rings is 2. The first-order chi connectivity index (χ1) is 24.3. The molecule has 2 bridgehead atoms. The van der Waals surface area contributed by atoms with Crippen molar-refractivity contribution in [1.29, 1.82) is 0 Å². The summed E-state index contributed by atoms with van der Waals surface area (Å²) in [6, 6.07) is 13.1. The minimum atomic E-state index is -0.959. The standard InChI is InChI=1S/C38H50N6O6/c1-25-19-26(20-33-35(25)49-18-17-48-33)21-34(36(45)42-15-13-41(14-16-42)32-23-30-22-28(32)24-40(30)2)50-38(47)43-10-8-29(9-11-43)44-12-7-27-5-3-4-6-31(27)39-37(44)46/h3-6,19-20,28-30,32,34H,7-18,21-24H2,1-2H3,(H,39,46)/t28?,30?,32?,34-/m1/s1. The van der Waals surface area contributed by atoms with Crippen LogP contribution in [0.15, 0.2) is 36.4 Å². The van der Waals surface area contributed by atoms with E-state index in [0.717, 1.165) is 54.2 Å². The number of amides is 4. The van der Waals surface area contributed by atoms with Crippen LogP contribution in [0.1, 0.15) is 42.4 Å². The third-order valence-electron chi connectivity index (χ3n) is 12.0. The Morgan fingerprint density at radius 3 is 2.48 bits per heavy atom. The maximum absolute atomic E-state index is 14.2. The van der Waals surface area contributed by atoms with Gasteiger partial charge in [-0.25, -0.2) is 9.59 Å². The molecule has 12 heteroatoms. The number of likely N-dealkylation sites (tertiary alicyclic amines) is 2. The fourth-order valence-electron chi connectivity index (χ4n) is 9.28. The maximum atomic E-state index is 14.2. The Labute approximate surface area is 294 Å². The van der Waals surface area contributed by atoms with E-state index in [4.69, 9.17) is 14.2 Å². The van der Waals surface area contributed by atoms with E-state index in [1.165, 1.54) is 12.8 Å². The van der Waals surface area contributed by atoms with Crippen LogP contribution in [0.25, 0.3) is 0 Å². The minimum Gasteiger partial charge on any atom is -0.486 e. The molecule has 3 saturated heterocycles. The van der Waals surface area contributed by atoms with Crippen molar-refractivity contribution in [3.63, 3.8) is 0 Å². The number of para-hydroxylation sites is 1. The van der Waals surface area contributed by atoms with Gasteiger partial charge in [-0.05, 0) is 80.8 Å². The summed E-state index contributed by atoms with van der Waals surface area (Å²) in [4.78, 5) is 51.7. The van der Waals surface area contributed by atoms with Crippen molar-refractivity contribution in [2.24, 2.45) is 5.92 Å². The van der Waals surface area contributed by atoms with E-state index in [-0.39, 0.29) is 24.4 Å². The number of urea groups is 1. The molecule has 0 spiro atoms. The average Bonchev–Trinajstić information content (AvgIpc) is 3.67. The van der Waals surface area contributed by atoms with E-state index in [1.54, 1.807) is 4.90 Å². The lowest BCUT2D eigenvalue weighted by atomic mass is 10.00. The minimum absolute atomic E-state index is 0.0262. The van der Waals surface area contributed by atoms with Gasteiger partial charge in [0, 0.05) is 82.6 Å². The third-order valence-corrected chi connectivity index (χ3v) is 12.0. The van der Waals surface area contributed by atoms with Crippen LogP contribution < -0.4 is 14.8 Å². The van der Waals surface area contributed by atoms with Gasteiger partial charge in [-0.2, -0.15) is 0 Å². The summed E-state index contributed by atoms with van der Waals surface area (Å²) in [5, 5.41) is 3.06. The predicted molar refractivity (Wildman–Crippen MR) is 188 cm³/mol. The first kappa shape index (κ1) is 33.1. The van der Waals surface area contributed by atoms with Gasteiger partial charge < -0.3 is 39.1 Å². The van der Waals surface area contributed by atoms with Gasteiger partial charge in [0.05, 0.1) is 0 Å². The summed E-state index contributed by atoms with van der Waals surface area (Å²) in [5.74, 6) is 1.96. The number of piperidine rings is 2. The molecule has 5 aliphatic heterocycles. The number of hydrogen-bond donors (Lipinski definition) is 1. The zero-order valence-corrected chi connectivity index (χ0v) is 29.4. The second-order valence-corrected chi connectivity index (χ2v) is 15.0. The lowest BCUT2D eigenvalue weighted by molar-refractivity contribution is -0.143. The summed E-state index contributed by atoms with van der Waals surface area (Å²) in [7, 11) is 2.23. The Balaban J connectivity index is 0.919. The molecule has 1 N–H and O–H groups in total. The molecule has 268 valence electrons. The Kier molecular flexibility index (Phi) is 9.24. The summed E-state index contributed by atoms with van der Waals surface area (Å²) in [5.41, 5.74) is 3.80. The molecular weight excluding hydrogens is 636 g/mol. The predicted octanol–water partition coefficient (Wildman–Crippen LogP) is 3.61. The van der Waals surface area contributed by atoms with E-state index in [9.17, 15) is 14.4 Å². The second-order valence-electron chi connectivity index (χ2n) is 15.0. The summed E-state index contributed by atoms with van der Waals surface area (Å²) < 4.78 is 17.9. The Morgan fingerprint density at radius 1 is 0.940 bits per heavy atom. The zero-order valence-electron chi connectivity index (χ0n) is 29.4. The van der Waals surface area contributed by atoms with Crippen LogP contribution in [0.3, 0.4) is 0 Å². The van der Waals surface area contributed by atoms with E-state index in [2.05, 4.69) is 28.2 Å². The van der Waals surface area contributed by atoms with Crippen LogP contribution in [-0.4, -0.2) is 139 Å². The first-order valence-electron chi connectivity index (χ1n) is 18.5. The molecule has 2 aromatic carbocycles. The molecule has 0 aromatic heterocycles. The van der Waals surface area contributed by atoms with E-state index < -0.39 is 12.2 Å². The maximum Gasteiger partial charge on any atom is 0.410 e. The van der Waals surface area contributed by atoms with Gasteiger partial charge in [0.1, 0.15) is 13.2 Å². The highest BCUT2D eigenvalue weighted by molar-refractivity contribution is 5.91. The largest absolute Gasteiger partial charge is 0.486 e. The number of fused-ring (bicyclic) bond motifs is 4. The van der Waals surface area contributed by atoms with Gasteiger partial charge in [0.25, 0.3) is 5.91 Å². The van der Waals surface area contributed by atoms with Gasteiger partial charge in [0.15, 0.2) is 17.6 Å². The molecule has 4 fully saturated rings. The second kappa shape index (κ2) is 13.9. The number of piperazine rings is 1. The molecule has 12 nitrogen and oxygen atoms in total. The van der Waals surface area contributed by atoms with Crippen LogP contribution in [0.2, 0.25) is 0 Å². The third kappa shape index (κ3) is 6.59. The van der Waals surface area contributed by atoms with Crippen molar-refractivity contribution in [3.8, 4) is 11.5 Å². The molecule has 5 heterocycles. The molecule has 50 heavy (non-hydrogen) atoms. The Bertz CT molecular complexity index is 1600. The number of nitrogens with one attached hydrogen (secondary N) is 1. The molecule has 1 aliphatic carbocycles. The Hall–Kier alpha value is -4.03. The van der Waals surface area contributed by atoms with E-state index >= 15 is 0 Å². The van der Waals surface area contributed by atoms with Crippen molar-refractivity contribution in [2.45, 2.75) is 69.7 Å². The van der Waals surface area contributed by atoms with Gasteiger partial charge in [-0.1, -0.05) is 24.3 Å². The number of anilines is 1. The van der Waals surface area contributed by atoms with Gasteiger partial charge >= 0.3 is 12.1 Å². The van der Waals surface area contributed by atoms with E-state index in [1.807, 2.05) is 47.1 Å². The van der Waals surface area contributed by atoms with Crippen molar-refractivity contribution >= 4 is 23.7 Å². The lowest BCUT2D eigenvalue weighted by Gasteiger charge is -2.42. The van der Waals surface area contributed by atoms with Gasteiger partial charge in [-0.3, -0.25) is 9.69 Å². The molecule has 4 amide bonds. The highest BCUT2D eigenvalue weighted by Crippen LogP contribution is 2.40. The van der Waals surface area contributed by atoms with Crippen LogP contribution >= 0.6 is 0 Å². The molecule has 4 atom stereocenters. The number of carbonyl (C=O) groups excluding carboxylic acids is 3. The van der Waals surface area contributed by atoms with Crippen LogP contribution in [-0.2, 0) is 22.4 Å². The Morgan fingerprint density at radius 2 is 1.72 bits per heavy atom. The van der Waals surface area contributed by atoms with Crippen molar-refractivity contribution < 1.29 is 28.6 Å². The van der Waals surface area contributed by atoms with Crippen molar-refractivity contribution in [2.75, 3.05) is 77.9 Å². The SMILES string of the molecule is Cc1cc(C[C@@H](OC(=O)N2CCC(N3CCc4ccccc4NC3=O)CC2)C(=O)N2CCN(C3CC4CC3CN4C)CC2)cc2c1OCCO2. The normalized spacial score (nSPS) is 26.3. The quantitative estimate of drug-likeness (QED) is 0.492. The molecule has 1 saturated carbocycles. The van der Waals surface area contributed by atoms with Crippen LogP contribution in [0.4, 0.5) is 15.3 Å². The highest BCUT2D eigenvalue weighted by Gasteiger charge is 2.46. The average molecular weight is 687 g/mol. The number of aryl methyl sites for hydroxylation is 1. The number of hydrogen-bond acceptors (Lipinski definition) is 8. The summed E-state index contributed by atoms with van der Waals surface area (Å²) in [6.07, 6.45) is 3.40. The van der Waals surface area contributed by atoms with Crippen molar-refractivity contribution in [1.82, 2.24) is 24.5 Å². The van der Waals surface area contributed by atoms with Gasteiger partial charge in [0.2, 0.25) is 0 Å². The molecule has 2 aromatic rings. The fraction of sp³-hybridized carbons (Fsp3) is 0.605. The fourth-order valence-corrected chi connectivity index (χ4v) is 9.28. The lowest BCUT2D eigenvalue weighted by Crippen LogP contribution is -2.57. The molecule has 6 aliphatic rings. The first-order valence-corrected chi connectivity index (χ1v) is 18.5. The molecule has 0 radical (unpaired) electrons. The monoisotopic (exact) mass is 686 g/mol. The molecule has 3 unspecified atom stereocenters. The number of carbonyl (C=O) groups is 3. The molecule has 8 rings (SSSR count). The van der Waals surface area contributed by atoms with Gasteiger partial charge in [-0.15, -0.1) is 0 Å².